The molecule has 0 bridgehead atoms. The number of hydrogen-bond donors (Lipinski definition) is 2. The average molecular weight is 284 g/mol. The van der Waals surface area contributed by atoms with E-state index in [1.807, 2.05) is 13.0 Å². The number of carbonyl (C=O) groups is 1. The highest BCUT2D eigenvalue weighted by Crippen LogP contribution is 2.34. The average Bonchev–Trinajstić information content (AvgIpc) is 2.50. The van der Waals surface area contributed by atoms with E-state index in [9.17, 15) is 4.79 Å². The van der Waals surface area contributed by atoms with Gasteiger partial charge >= 0.3 is 0 Å². The van der Waals surface area contributed by atoms with E-state index in [2.05, 4.69) is 5.32 Å². The fourth-order valence-corrected chi connectivity index (χ4v) is 2.20. The highest BCUT2D eigenvalue weighted by atomic mass is 16.6. The Hall–Kier alpha value is -2.69. The monoisotopic (exact) mass is 284 g/mol. The lowest BCUT2D eigenvalue weighted by Crippen LogP contribution is -2.20. The number of carbonyl (C=O) groups excluding carboxylic acids is 1. The second kappa shape index (κ2) is 5.36. The first-order valence-corrected chi connectivity index (χ1v) is 6.71. The molecule has 0 spiro atoms. The minimum atomic E-state index is -0.235. The summed E-state index contributed by atoms with van der Waals surface area (Å²) in [5.74, 6) is 0.859. The fourth-order valence-electron chi connectivity index (χ4n) is 2.20. The minimum Gasteiger partial charge on any atom is -0.486 e. The number of benzene rings is 2. The smallest absolute Gasteiger partial charge is 0.259 e. The van der Waals surface area contributed by atoms with Crippen LogP contribution in [-0.4, -0.2) is 19.1 Å². The first-order chi connectivity index (χ1) is 10.1. The predicted molar refractivity (Wildman–Crippen MR) is 81.0 cm³/mol. The lowest BCUT2D eigenvalue weighted by atomic mass is 10.1. The molecule has 0 unspecified atom stereocenters. The molecule has 1 aliphatic heterocycles. The zero-order valence-corrected chi connectivity index (χ0v) is 11.7. The van der Waals surface area contributed by atoms with Crippen molar-refractivity contribution in [1.82, 2.24) is 0 Å². The Bertz CT molecular complexity index is 698. The third-order valence-corrected chi connectivity index (χ3v) is 3.34. The molecule has 1 heterocycles. The van der Waals surface area contributed by atoms with Crippen molar-refractivity contribution in [2.24, 2.45) is 0 Å². The predicted octanol–water partition coefficient (Wildman–Crippen LogP) is 2.60. The van der Waals surface area contributed by atoms with Crippen molar-refractivity contribution in [2.75, 3.05) is 24.3 Å². The molecule has 0 saturated carbocycles. The number of aryl methyl sites for hydroxylation is 1. The van der Waals surface area contributed by atoms with E-state index in [-0.39, 0.29) is 5.91 Å². The SMILES string of the molecule is Cc1cc(NC(=O)c2cccc3c2OCCO3)ccc1N. The lowest BCUT2D eigenvalue weighted by molar-refractivity contribution is 0.101. The van der Waals surface area contributed by atoms with Gasteiger partial charge < -0.3 is 20.5 Å². The van der Waals surface area contributed by atoms with E-state index in [0.717, 1.165) is 5.56 Å². The van der Waals surface area contributed by atoms with E-state index in [1.165, 1.54) is 0 Å². The summed E-state index contributed by atoms with van der Waals surface area (Å²) in [7, 11) is 0. The maximum Gasteiger partial charge on any atom is 0.259 e. The summed E-state index contributed by atoms with van der Waals surface area (Å²) in [5.41, 5.74) is 8.54. The molecule has 5 nitrogen and oxygen atoms in total. The Kier molecular flexibility index (Phi) is 3.39. The van der Waals surface area contributed by atoms with Crippen LogP contribution in [0.3, 0.4) is 0 Å². The van der Waals surface area contributed by atoms with Gasteiger partial charge in [-0.15, -0.1) is 0 Å². The summed E-state index contributed by atoms with van der Waals surface area (Å²) in [6.45, 7) is 2.83. The van der Waals surface area contributed by atoms with Crippen LogP contribution in [0.15, 0.2) is 36.4 Å². The Morgan fingerprint density at radius 1 is 1.19 bits per heavy atom. The minimum absolute atomic E-state index is 0.235. The van der Waals surface area contributed by atoms with Crippen molar-refractivity contribution in [1.29, 1.82) is 0 Å². The number of hydrogen-bond acceptors (Lipinski definition) is 4. The summed E-state index contributed by atoms with van der Waals surface area (Å²) in [6, 6.07) is 10.7. The molecular formula is C16H16N2O3. The van der Waals surface area contributed by atoms with Gasteiger partial charge in [0.25, 0.3) is 5.91 Å². The van der Waals surface area contributed by atoms with Crippen molar-refractivity contribution >= 4 is 17.3 Å². The summed E-state index contributed by atoms with van der Waals surface area (Å²) in [6.07, 6.45) is 0. The molecular weight excluding hydrogens is 268 g/mol. The molecule has 0 aliphatic carbocycles. The molecule has 21 heavy (non-hydrogen) atoms. The molecule has 0 aromatic heterocycles. The molecule has 1 amide bonds. The van der Waals surface area contributed by atoms with Crippen LogP contribution in [0.5, 0.6) is 11.5 Å². The first kappa shape index (κ1) is 13.3. The molecule has 0 saturated heterocycles. The van der Waals surface area contributed by atoms with E-state index >= 15 is 0 Å². The number of nitrogen functional groups attached to an aromatic ring is 1. The molecule has 0 fully saturated rings. The van der Waals surface area contributed by atoms with Crippen molar-refractivity contribution in [3.05, 3.63) is 47.5 Å². The molecule has 1 aliphatic rings. The van der Waals surface area contributed by atoms with Gasteiger partial charge in [0.15, 0.2) is 11.5 Å². The number of nitrogens with one attached hydrogen (secondary N) is 1. The topological polar surface area (TPSA) is 73.6 Å². The van der Waals surface area contributed by atoms with E-state index < -0.39 is 0 Å². The van der Waals surface area contributed by atoms with Crippen LogP contribution in [0.4, 0.5) is 11.4 Å². The normalized spacial score (nSPS) is 12.8. The number of anilines is 2. The van der Waals surface area contributed by atoms with Gasteiger partial charge in [-0.2, -0.15) is 0 Å². The molecule has 3 N–H and O–H groups in total. The Morgan fingerprint density at radius 2 is 2.00 bits per heavy atom. The van der Waals surface area contributed by atoms with E-state index in [4.69, 9.17) is 15.2 Å². The van der Waals surface area contributed by atoms with Crippen LogP contribution >= 0.6 is 0 Å². The van der Waals surface area contributed by atoms with Crippen molar-refractivity contribution in [2.45, 2.75) is 6.92 Å². The van der Waals surface area contributed by atoms with E-state index in [0.29, 0.717) is 41.7 Å². The standard InChI is InChI=1S/C16H16N2O3/c1-10-9-11(5-6-13(10)17)18-16(19)12-3-2-4-14-15(12)21-8-7-20-14/h2-6,9H,7-8,17H2,1H3,(H,18,19). The van der Waals surface area contributed by atoms with Gasteiger partial charge in [-0.05, 0) is 42.8 Å². The third-order valence-electron chi connectivity index (χ3n) is 3.34. The lowest BCUT2D eigenvalue weighted by Gasteiger charge is -2.20. The fraction of sp³-hybridized carbons (Fsp3) is 0.188. The Labute approximate surface area is 122 Å². The molecule has 108 valence electrons. The van der Waals surface area contributed by atoms with Gasteiger partial charge in [-0.25, -0.2) is 0 Å². The maximum atomic E-state index is 12.4. The van der Waals surface area contributed by atoms with Crippen LogP contribution < -0.4 is 20.5 Å². The van der Waals surface area contributed by atoms with Crippen LogP contribution in [0.2, 0.25) is 0 Å². The van der Waals surface area contributed by atoms with Crippen LogP contribution in [0.25, 0.3) is 0 Å². The van der Waals surface area contributed by atoms with Crippen molar-refractivity contribution < 1.29 is 14.3 Å². The van der Waals surface area contributed by atoms with Gasteiger partial charge in [-0.3, -0.25) is 4.79 Å². The highest BCUT2D eigenvalue weighted by molar-refractivity contribution is 6.06. The number of ether oxygens (including phenoxy) is 2. The molecule has 5 heteroatoms. The molecule has 0 atom stereocenters. The number of amides is 1. The Balaban J connectivity index is 1.87. The molecule has 0 radical (unpaired) electrons. The largest absolute Gasteiger partial charge is 0.486 e. The van der Waals surface area contributed by atoms with Crippen LogP contribution in [0.1, 0.15) is 15.9 Å². The van der Waals surface area contributed by atoms with Gasteiger partial charge in [0.2, 0.25) is 0 Å². The van der Waals surface area contributed by atoms with E-state index in [1.54, 1.807) is 30.3 Å². The summed E-state index contributed by atoms with van der Waals surface area (Å²) in [5, 5.41) is 2.85. The zero-order chi connectivity index (χ0) is 14.8. The number of nitrogens with two attached hydrogens (primary N) is 1. The number of para-hydroxylation sites is 1. The van der Waals surface area contributed by atoms with Gasteiger partial charge in [0.1, 0.15) is 13.2 Å². The first-order valence-electron chi connectivity index (χ1n) is 6.71. The number of fused-ring (bicyclic) bond motifs is 1. The quantitative estimate of drug-likeness (QED) is 0.831. The maximum absolute atomic E-state index is 12.4. The second-order valence-corrected chi connectivity index (χ2v) is 4.86. The highest BCUT2D eigenvalue weighted by Gasteiger charge is 2.20. The van der Waals surface area contributed by atoms with Crippen LogP contribution in [-0.2, 0) is 0 Å². The third kappa shape index (κ3) is 2.63. The van der Waals surface area contributed by atoms with Crippen molar-refractivity contribution in [3.8, 4) is 11.5 Å². The van der Waals surface area contributed by atoms with Gasteiger partial charge in [0.05, 0.1) is 5.56 Å². The van der Waals surface area contributed by atoms with Gasteiger partial charge in [-0.1, -0.05) is 6.07 Å². The Morgan fingerprint density at radius 3 is 2.81 bits per heavy atom. The van der Waals surface area contributed by atoms with Gasteiger partial charge in [0, 0.05) is 11.4 Å². The molecule has 3 rings (SSSR count). The molecule has 2 aromatic carbocycles. The van der Waals surface area contributed by atoms with Crippen molar-refractivity contribution in [3.63, 3.8) is 0 Å². The molecule has 2 aromatic rings. The summed E-state index contributed by atoms with van der Waals surface area (Å²) >= 11 is 0. The van der Waals surface area contributed by atoms with Crippen LogP contribution in [0, 0.1) is 6.92 Å². The summed E-state index contributed by atoms with van der Waals surface area (Å²) < 4.78 is 11.0. The number of rotatable bonds is 2. The second-order valence-electron chi connectivity index (χ2n) is 4.86. The summed E-state index contributed by atoms with van der Waals surface area (Å²) in [4.78, 5) is 12.4. The zero-order valence-electron chi connectivity index (χ0n) is 11.7.